The van der Waals surface area contributed by atoms with E-state index in [-0.39, 0.29) is 22.5 Å². The maximum Gasteiger partial charge on any atom is 0.338 e. The van der Waals surface area contributed by atoms with E-state index in [0.717, 1.165) is 12.0 Å². The average Bonchev–Trinajstić information content (AvgIpc) is 2.99. The molecule has 0 aliphatic carbocycles. The predicted octanol–water partition coefficient (Wildman–Crippen LogP) is 5.22. The molecule has 0 unspecified atom stereocenters. The zero-order valence-electron chi connectivity index (χ0n) is 19.0. The quantitative estimate of drug-likeness (QED) is 0.603. The van der Waals surface area contributed by atoms with E-state index < -0.39 is 12.0 Å². The molecule has 3 rings (SSSR count). The van der Waals surface area contributed by atoms with Gasteiger partial charge < -0.3 is 4.74 Å². The summed E-state index contributed by atoms with van der Waals surface area (Å²) in [6.07, 6.45) is 0.723. The van der Waals surface area contributed by atoms with E-state index in [2.05, 4.69) is 37.9 Å². The molecule has 0 bridgehead atoms. The third kappa shape index (κ3) is 4.34. The van der Waals surface area contributed by atoms with Gasteiger partial charge in [0.1, 0.15) is 0 Å². The van der Waals surface area contributed by atoms with E-state index in [4.69, 9.17) is 4.74 Å². The molecule has 2 aliphatic heterocycles. The number of allylic oxidation sites excluding steroid dienone is 1. The summed E-state index contributed by atoms with van der Waals surface area (Å²) in [5, 5.41) is 0.508. The lowest BCUT2D eigenvalue weighted by Crippen LogP contribution is -2.41. The average molecular weight is 429 g/mol. The molecule has 1 amide bonds. The molecule has 1 aromatic carbocycles. The Bertz CT molecular complexity index is 894. The first kappa shape index (κ1) is 22.6. The smallest absolute Gasteiger partial charge is 0.338 e. The van der Waals surface area contributed by atoms with Gasteiger partial charge in [0, 0.05) is 0 Å². The highest BCUT2D eigenvalue weighted by Crippen LogP contribution is 2.44. The van der Waals surface area contributed by atoms with Gasteiger partial charge in [0.2, 0.25) is 5.91 Å². The summed E-state index contributed by atoms with van der Waals surface area (Å²) in [5.41, 5.74) is 3.20. The summed E-state index contributed by atoms with van der Waals surface area (Å²) in [5.74, 6) is -0.157. The third-order valence-electron chi connectivity index (χ3n) is 5.38. The fourth-order valence-corrected chi connectivity index (χ4v) is 4.79. The Labute approximate surface area is 184 Å². The van der Waals surface area contributed by atoms with Crippen LogP contribution in [0, 0.1) is 5.92 Å². The lowest BCUT2D eigenvalue weighted by Gasteiger charge is -2.33. The SMILES string of the molecule is CC[C@@H]1SC2=NC(C)=C(C(=O)OCC(C)C)[C@@H](c3ccc(C(C)(C)C)cc3)N2C1=O. The summed E-state index contributed by atoms with van der Waals surface area (Å²) < 4.78 is 5.57. The highest BCUT2D eigenvalue weighted by molar-refractivity contribution is 8.15. The predicted molar refractivity (Wildman–Crippen MR) is 122 cm³/mol. The summed E-state index contributed by atoms with van der Waals surface area (Å²) in [4.78, 5) is 32.6. The number of hydrogen-bond donors (Lipinski definition) is 0. The molecule has 2 heterocycles. The first-order valence-corrected chi connectivity index (χ1v) is 11.5. The minimum Gasteiger partial charge on any atom is -0.462 e. The van der Waals surface area contributed by atoms with Gasteiger partial charge in [0.05, 0.1) is 29.2 Å². The number of benzene rings is 1. The Hall–Kier alpha value is -2.08. The lowest BCUT2D eigenvalue weighted by atomic mass is 9.85. The monoisotopic (exact) mass is 428 g/mol. The van der Waals surface area contributed by atoms with Crippen molar-refractivity contribution in [1.82, 2.24) is 4.90 Å². The van der Waals surface area contributed by atoms with Crippen LogP contribution in [0.15, 0.2) is 40.5 Å². The number of fused-ring (bicyclic) bond motifs is 1. The first-order valence-electron chi connectivity index (χ1n) is 10.6. The van der Waals surface area contributed by atoms with Crippen molar-refractivity contribution in [2.45, 2.75) is 71.6 Å². The van der Waals surface area contributed by atoms with Crippen LogP contribution in [0.25, 0.3) is 0 Å². The number of aliphatic imine (C=N–C) groups is 1. The van der Waals surface area contributed by atoms with E-state index >= 15 is 0 Å². The second-order valence-electron chi connectivity index (χ2n) is 9.38. The molecule has 6 heteroatoms. The Morgan fingerprint density at radius 3 is 2.40 bits per heavy atom. The number of esters is 1. The molecular weight excluding hydrogens is 396 g/mol. The number of amides is 1. The Kier molecular flexibility index (Phi) is 6.46. The van der Waals surface area contributed by atoms with Crippen molar-refractivity contribution >= 4 is 28.8 Å². The zero-order valence-corrected chi connectivity index (χ0v) is 19.8. The van der Waals surface area contributed by atoms with Gasteiger partial charge in [-0.1, -0.05) is 77.6 Å². The van der Waals surface area contributed by atoms with Crippen LogP contribution in [0.2, 0.25) is 0 Å². The van der Waals surface area contributed by atoms with Crippen LogP contribution < -0.4 is 0 Å². The maximum atomic E-state index is 13.2. The molecule has 30 heavy (non-hydrogen) atoms. The Morgan fingerprint density at radius 1 is 1.23 bits per heavy atom. The van der Waals surface area contributed by atoms with Crippen molar-refractivity contribution in [2.24, 2.45) is 10.9 Å². The highest BCUT2D eigenvalue weighted by Gasteiger charge is 2.47. The molecule has 2 aliphatic rings. The Balaban J connectivity index is 2.07. The minimum absolute atomic E-state index is 0.00723. The van der Waals surface area contributed by atoms with Gasteiger partial charge in [0.15, 0.2) is 5.17 Å². The molecule has 1 aromatic rings. The molecule has 1 saturated heterocycles. The minimum atomic E-state index is -0.511. The number of thioether (sulfide) groups is 1. The molecule has 162 valence electrons. The van der Waals surface area contributed by atoms with Crippen molar-refractivity contribution in [3.05, 3.63) is 46.7 Å². The number of carbonyl (C=O) groups excluding carboxylic acids is 2. The third-order valence-corrected chi connectivity index (χ3v) is 6.70. The standard InChI is InChI=1S/C24H32N2O3S/c1-8-18-21(27)26-20(16-9-11-17(12-10-16)24(5,6)7)19(15(4)25-23(26)30-18)22(28)29-13-14(2)3/h9-12,14,18,20H,8,13H2,1-7H3/t18-,20+/m0/s1. The second-order valence-corrected chi connectivity index (χ2v) is 10.6. The molecule has 1 fully saturated rings. The molecule has 0 spiro atoms. The van der Waals surface area contributed by atoms with E-state index in [1.165, 1.54) is 17.3 Å². The molecule has 2 atom stereocenters. The number of carbonyl (C=O) groups is 2. The summed E-state index contributed by atoms with van der Waals surface area (Å²) in [7, 11) is 0. The van der Waals surface area contributed by atoms with E-state index in [9.17, 15) is 9.59 Å². The zero-order chi connectivity index (χ0) is 22.2. The summed E-state index contributed by atoms with van der Waals surface area (Å²) in [6.45, 7) is 14.7. The molecule has 0 aromatic heterocycles. The van der Waals surface area contributed by atoms with Crippen molar-refractivity contribution < 1.29 is 14.3 Å². The largest absolute Gasteiger partial charge is 0.462 e. The van der Waals surface area contributed by atoms with Crippen LogP contribution in [0.1, 0.15) is 72.1 Å². The number of rotatable bonds is 5. The van der Waals surface area contributed by atoms with Crippen LogP contribution in [0.5, 0.6) is 0 Å². The number of hydrogen-bond acceptors (Lipinski definition) is 5. The molecule has 0 saturated carbocycles. The molecule has 0 N–H and O–H groups in total. The van der Waals surface area contributed by atoms with Gasteiger partial charge in [-0.3, -0.25) is 9.69 Å². The van der Waals surface area contributed by atoms with E-state index in [1.54, 1.807) is 4.90 Å². The van der Waals surface area contributed by atoms with Crippen LogP contribution in [0.4, 0.5) is 0 Å². The Morgan fingerprint density at radius 2 is 1.87 bits per heavy atom. The topological polar surface area (TPSA) is 59.0 Å². The molecule has 5 nitrogen and oxygen atoms in total. The van der Waals surface area contributed by atoms with Crippen LogP contribution in [0.3, 0.4) is 0 Å². The lowest BCUT2D eigenvalue weighted by molar-refractivity contribution is -0.141. The van der Waals surface area contributed by atoms with E-state index in [0.29, 0.717) is 23.0 Å². The molecule has 0 radical (unpaired) electrons. The van der Waals surface area contributed by atoms with Gasteiger partial charge in [-0.05, 0) is 35.8 Å². The number of ether oxygens (including phenoxy) is 1. The first-order chi connectivity index (χ1) is 14.0. The molecular formula is C24H32N2O3S. The van der Waals surface area contributed by atoms with Gasteiger partial charge in [-0.15, -0.1) is 0 Å². The van der Waals surface area contributed by atoms with Crippen LogP contribution in [-0.4, -0.2) is 33.8 Å². The van der Waals surface area contributed by atoms with Gasteiger partial charge in [0.25, 0.3) is 0 Å². The summed E-state index contributed by atoms with van der Waals surface area (Å²) >= 11 is 1.48. The maximum absolute atomic E-state index is 13.2. The van der Waals surface area contributed by atoms with E-state index in [1.807, 2.05) is 39.8 Å². The fraction of sp³-hybridized carbons (Fsp3) is 0.542. The van der Waals surface area contributed by atoms with Crippen LogP contribution in [-0.2, 0) is 19.7 Å². The summed E-state index contributed by atoms with van der Waals surface area (Å²) in [6, 6.07) is 7.70. The van der Waals surface area contributed by atoms with Crippen molar-refractivity contribution in [1.29, 1.82) is 0 Å². The number of nitrogens with zero attached hydrogens (tertiary/aromatic N) is 2. The highest BCUT2D eigenvalue weighted by atomic mass is 32.2. The fourth-order valence-electron chi connectivity index (χ4n) is 3.65. The van der Waals surface area contributed by atoms with Crippen molar-refractivity contribution in [2.75, 3.05) is 6.61 Å². The van der Waals surface area contributed by atoms with Crippen molar-refractivity contribution in [3.8, 4) is 0 Å². The van der Waals surface area contributed by atoms with Crippen molar-refractivity contribution in [3.63, 3.8) is 0 Å². The normalized spacial score (nSPS) is 21.8. The van der Waals surface area contributed by atoms with Gasteiger partial charge >= 0.3 is 5.97 Å². The van der Waals surface area contributed by atoms with Gasteiger partial charge in [-0.2, -0.15) is 0 Å². The van der Waals surface area contributed by atoms with Gasteiger partial charge in [-0.25, -0.2) is 9.79 Å². The second kappa shape index (κ2) is 8.58. The number of amidine groups is 1. The van der Waals surface area contributed by atoms with Crippen LogP contribution >= 0.6 is 11.8 Å².